The Morgan fingerprint density at radius 1 is 1.11 bits per heavy atom. The number of carbonyl (C=O) groups is 1. The number of benzene rings is 1. The average Bonchev–Trinajstić information content (AvgIpc) is 2.37. The minimum atomic E-state index is -0.384. The van der Waals surface area contributed by atoms with Crippen LogP contribution in [0.25, 0.3) is 16.6 Å². The minimum absolute atomic E-state index is 0.168. The molecule has 0 fully saturated rings. The van der Waals surface area contributed by atoms with Gasteiger partial charge in [0.2, 0.25) is 5.91 Å². The maximum absolute atomic E-state index is 11.4. The molecule has 1 aromatic carbocycles. The molecule has 0 aliphatic carbocycles. The van der Waals surface area contributed by atoms with Crippen LogP contribution < -0.4 is 10.6 Å². The molecular formula is C13H11N3OS. The van der Waals surface area contributed by atoms with Gasteiger partial charge in [-0.1, -0.05) is 24.3 Å². The molecule has 5 heteroatoms. The second-order valence-electron chi connectivity index (χ2n) is 4.00. The number of para-hydroxylation sites is 1. The molecule has 18 heavy (non-hydrogen) atoms. The molecule has 0 bridgehead atoms. The van der Waals surface area contributed by atoms with Gasteiger partial charge in [-0.15, -0.1) is 12.6 Å². The molecule has 0 saturated carbocycles. The molecule has 4 nitrogen and oxygen atoms in total. The lowest BCUT2D eigenvalue weighted by Crippen LogP contribution is -2.44. The fraction of sp³-hybridized carbons (Fsp3) is 0.0769. The van der Waals surface area contributed by atoms with Gasteiger partial charge >= 0.3 is 0 Å². The molecule has 0 saturated heterocycles. The molecule has 2 aromatic rings. The number of thiol groups is 1. The van der Waals surface area contributed by atoms with Crippen molar-refractivity contribution in [3.63, 3.8) is 0 Å². The van der Waals surface area contributed by atoms with E-state index in [4.69, 9.17) is 0 Å². The van der Waals surface area contributed by atoms with Gasteiger partial charge in [0.05, 0.1) is 16.9 Å². The van der Waals surface area contributed by atoms with E-state index in [1.54, 1.807) is 0 Å². The number of rotatable bonds is 1. The van der Waals surface area contributed by atoms with Gasteiger partial charge in [-0.05, 0) is 12.1 Å². The zero-order valence-electron chi connectivity index (χ0n) is 9.42. The van der Waals surface area contributed by atoms with Gasteiger partial charge in [-0.25, -0.2) is 4.98 Å². The first-order valence-electron chi connectivity index (χ1n) is 5.55. The van der Waals surface area contributed by atoms with E-state index in [0.29, 0.717) is 5.70 Å². The van der Waals surface area contributed by atoms with Gasteiger partial charge in [-0.2, -0.15) is 0 Å². The van der Waals surface area contributed by atoms with Crippen molar-refractivity contribution in [2.45, 2.75) is 5.50 Å². The molecule has 1 aromatic heterocycles. The summed E-state index contributed by atoms with van der Waals surface area (Å²) in [4.78, 5) is 15.9. The molecule has 1 unspecified atom stereocenters. The fourth-order valence-corrected chi connectivity index (χ4v) is 2.16. The lowest BCUT2D eigenvalue weighted by Gasteiger charge is -2.22. The van der Waals surface area contributed by atoms with Crippen molar-refractivity contribution >= 4 is 35.1 Å². The van der Waals surface area contributed by atoms with Gasteiger partial charge in [0.25, 0.3) is 0 Å². The Labute approximate surface area is 110 Å². The number of hydrogen-bond donors (Lipinski definition) is 3. The molecule has 90 valence electrons. The monoisotopic (exact) mass is 257 g/mol. The first-order valence-corrected chi connectivity index (χ1v) is 6.07. The summed E-state index contributed by atoms with van der Waals surface area (Å²) in [6, 6.07) is 11.7. The Morgan fingerprint density at radius 2 is 1.94 bits per heavy atom. The van der Waals surface area contributed by atoms with Crippen LogP contribution in [-0.4, -0.2) is 16.4 Å². The second kappa shape index (κ2) is 4.34. The molecule has 1 aliphatic heterocycles. The number of aromatic nitrogens is 1. The number of carbonyl (C=O) groups excluding carboxylic acids is 1. The van der Waals surface area contributed by atoms with E-state index in [1.807, 2.05) is 36.4 Å². The third-order valence-corrected chi connectivity index (χ3v) is 2.98. The Kier molecular flexibility index (Phi) is 2.68. The number of nitrogens with one attached hydrogen (secondary N) is 2. The highest BCUT2D eigenvalue weighted by Gasteiger charge is 2.16. The van der Waals surface area contributed by atoms with E-state index in [9.17, 15) is 4.79 Å². The predicted octanol–water partition coefficient (Wildman–Crippen LogP) is 1.51. The summed E-state index contributed by atoms with van der Waals surface area (Å²) in [5.41, 5.74) is 1.94. The normalized spacial score (nSPS) is 19.1. The lowest BCUT2D eigenvalue weighted by molar-refractivity contribution is -0.117. The Bertz CT molecular complexity index is 653. The largest absolute Gasteiger partial charge is 0.355 e. The highest BCUT2D eigenvalue weighted by molar-refractivity contribution is 7.80. The van der Waals surface area contributed by atoms with Crippen LogP contribution in [0.5, 0.6) is 0 Å². The van der Waals surface area contributed by atoms with Gasteiger partial charge < -0.3 is 10.6 Å². The maximum Gasteiger partial charge on any atom is 0.248 e. The first kappa shape index (κ1) is 11.1. The van der Waals surface area contributed by atoms with Crippen molar-refractivity contribution in [1.29, 1.82) is 0 Å². The van der Waals surface area contributed by atoms with Crippen molar-refractivity contribution in [2.75, 3.05) is 0 Å². The lowest BCUT2D eigenvalue weighted by atomic mass is 10.1. The van der Waals surface area contributed by atoms with Crippen LogP contribution in [0.3, 0.4) is 0 Å². The van der Waals surface area contributed by atoms with E-state index in [1.165, 1.54) is 6.08 Å². The summed E-state index contributed by atoms with van der Waals surface area (Å²) < 4.78 is 0. The van der Waals surface area contributed by atoms with E-state index >= 15 is 0 Å². The van der Waals surface area contributed by atoms with Crippen molar-refractivity contribution in [2.24, 2.45) is 0 Å². The van der Waals surface area contributed by atoms with Crippen LogP contribution in [0, 0.1) is 0 Å². The van der Waals surface area contributed by atoms with E-state index in [0.717, 1.165) is 16.6 Å². The van der Waals surface area contributed by atoms with Crippen LogP contribution >= 0.6 is 12.6 Å². The van der Waals surface area contributed by atoms with E-state index < -0.39 is 0 Å². The zero-order chi connectivity index (χ0) is 12.5. The number of fused-ring (bicyclic) bond motifs is 1. The van der Waals surface area contributed by atoms with Gasteiger partial charge in [0.15, 0.2) is 0 Å². The summed E-state index contributed by atoms with van der Waals surface area (Å²) in [7, 11) is 0. The van der Waals surface area contributed by atoms with Gasteiger partial charge in [-0.3, -0.25) is 4.79 Å². The molecular weight excluding hydrogens is 246 g/mol. The number of hydrogen-bond acceptors (Lipinski definition) is 4. The van der Waals surface area contributed by atoms with Crippen molar-refractivity contribution < 1.29 is 4.79 Å². The number of nitrogens with zero attached hydrogens (tertiary/aromatic N) is 1. The first-order chi connectivity index (χ1) is 8.72. The van der Waals surface area contributed by atoms with Gasteiger partial charge in [0, 0.05) is 11.5 Å². The molecule has 2 heterocycles. The summed E-state index contributed by atoms with van der Waals surface area (Å²) in [6.45, 7) is 0. The number of amides is 1. The van der Waals surface area contributed by atoms with Crippen LogP contribution in [0.1, 0.15) is 5.69 Å². The zero-order valence-corrected chi connectivity index (χ0v) is 10.3. The molecule has 2 N–H and O–H groups in total. The Hall–Kier alpha value is -2.01. The van der Waals surface area contributed by atoms with Crippen LogP contribution in [-0.2, 0) is 4.79 Å². The summed E-state index contributed by atoms with van der Waals surface area (Å²) in [6.07, 6.45) is 1.49. The molecule has 1 amide bonds. The average molecular weight is 257 g/mol. The van der Waals surface area contributed by atoms with Crippen LogP contribution in [0.15, 0.2) is 42.5 Å². The van der Waals surface area contributed by atoms with Crippen molar-refractivity contribution in [3.8, 4) is 0 Å². The summed E-state index contributed by atoms with van der Waals surface area (Å²) in [5.74, 6) is -0.168. The molecule has 0 spiro atoms. The maximum atomic E-state index is 11.4. The molecule has 1 atom stereocenters. The highest BCUT2D eigenvalue weighted by atomic mass is 32.1. The van der Waals surface area contributed by atoms with E-state index in [2.05, 4.69) is 28.2 Å². The molecule has 0 radical (unpaired) electrons. The standard InChI is InChI=1S/C13H11N3OS/c17-12-7-11(15-13(18)16-12)10-6-5-8-3-1-2-4-9(8)14-10/h1-7,13,15,18H,(H,16,17). The summed E-state index contributed by atoms with van der Waals surface area (Å²) >= 11 is 4.19. The topological polar surface area (TPSA) is 54.0 Å². The summed E-state index contributed by atoms with van der Waals surface area (Å²) in [5, 5.41) is 6.76. The SMILES string of the molecule is O=C1C=C(c2ccc3ccccc3n2)NC(S)N1. The van der Waals surface area contributed by atoms with Gasteiger partial charge in [0.1, 0.15) is 5.50 Å². The van der Waals surface area contributed by atoms with Crippen LogP contribution in [0.4, 0.5) is 0 Å². The minimum Gasteiger partial charge on any atom is -0.355 e. The second-order valence-corrected chi connectivity index (χ2v) is 4.52. The van der Waals surface area contributed by atoms with Crippen LogP contribution in [0.2, 0.25) is 0 Å². The smallest absolute Gasteiger partial charge is 0.248 e. The van der Waals surface area contributed by atoms with E-state index in [-0.39, 0.29) is 11.4 Å². The Morgan fingerprint density at radius 3 is 2.78 bits per heavy atom. The number of pyridine rings is 1. The predicted molar refractivity (Wildman–Crippen MR) is 73.8 cm³/mol. The Balaban J connectivity index is 2.06. The third-order valence-electron chi connectivity index (χ3n) is 2.72. The molecule has 1 aliphatic rings. The van der Waals surface area contributed by atoms with Crippen molar-refractivity contribution in [1.82, 2.24) is 15.6 Å². The van der Waals surface area contributed by atoms with Crippen molar-refractivity contribution in [3.05, 3.63) is 48.2 Å². The molecule has 3 rings (SSSR count). The highest BCUT2D eigenvalue weighted by Crippen LogP contribution is 2.17. The fourth-order valence-electron chi connectivity index (χ4n) is 1.90. The quantitative estimate of drug-likeness (QED) is 0.679. The third kappa shape index (κ3) is 2.04.